The van der Waals surface area contributed by atoms with Crippen molar-refractivity contribution in [2.75, 3.05) is 64.5 Å². The van der Waals surface area contributed by atoms with E-state index in [4.69, 9.17) is 21.1 Å². The molecule has 6 atom stereocenters. The minimum absolute atomic E-state index is 0. The number of hydrogen-bond acceptors (Lipinski definition) is 9. The molecule has 2 aliphatic carbocycles. The lowest BCUT2D eigenvalue weighted by molar-refractivity contribution is -0.132. The van der Waals surface area contributed by atoms with Crippen LogP contribution >= 0.6 is 24.0 Å². The molecule has 0 aromatic heterocycles. The number of sulfonamides is 1. The van der Waals surface area contributed by atoms with E-state index in [0.29, 0.717) is 55.9 Å². The van der Waals surface area contributed by atoms with Crippen LogP contribution in [0.2, 0.25) is 5.02 Å². The highest BCUT2D eigenvalue weighted by Gasteiger charge is 2.44. The molecule has 7 rings (SSSR count). The number of anilines is 1. The highest BCUT2D eigenvalue weighted by Crippen LogP contribution is 2.47. The Kier molecular flexibility index (Phi) is 14.4. The topological polar surface area (TPSA) is 134 Å². The fourth-order valence-corrected chi connectivity index (χ4v) is 10.4. The number of nitrogens with zero attached hydrogens (tertiary/aromatic N) is 2. The smallest absolute Gasteiger partial charge is 0.264 e. The van der Waals surface area contributed by atoms with Crippen molar-refractivity contribution in [1.29, 1.82) is 0 Å². The van der Waals surface area contributed by atoms with Crippen LogP contribution in [0, 0.1) is 23.7 Å². The highest BCUT2D eigenvalue weighted by atomic mass is 35.5. The Hall–Kier alpha value is -2.90. The van der Waals surface area contributed by atoms with Crippen LogP contribution < -0.4 is 19.7 Å². The van der Waals surface area contributed by atoms with Crippen molar-refractivity contribution in [3.63, 3.8) is 0 Å². The van der Waals surface area contributed by atoms with E-state index in [1.165, 1.54) is 11.1 Å². The van der Waals surface area contributed by atoms with Crippen LogP contribution in [0.15, 0.2) is 36.4 Å². The molecule has 2 amide bonds. The highest BCUT2D eigenvalue weighted by molar-refractivity contribution is 7.90. The second-order valence-electron chi connectivity index (χ2n) is 15.7. The Labute approximate surface area is 331 Å². The molecule has 1 saturated carbocycles. The van der Waals surface area contributed by atoms with Crippen molar-refractivity contribution in [3.05, 3.63) is 58.1 Å². The van der Waals surface area contributed by atoms with Crippen molar-refractivity contribution >= 4 is 57.8 Å². The molecule has 1 unspecified atom stereocenters. The van der Waals surface area contributed by atoms with Gasteiger partial charge in [0.2, 0.25) is 15.9 Å². The quantitative estimate of drug-likeness (QED) is 0.390. The number of halogens is 2. The number of carbonyl (C=O) groups excluding carboxylic acids is 3. The Morgan fingerprint density at radius 2 is 1.89 bits per heavy atom. The Morgan fingerprint density at radius 1 is 1.07 bits per heavy atom. The first-order valence-corrected chi connectivity index (χ1v) is 21.2. The molecule has 2 bridgehead atoms. The van der Waals surface area contributed by atoms with Crippen molar-refractivity contribution in [2.45, 2.75) is 75.9 Å². The molecule has 0 radical (unpaired) electrons. The lowest BCUT2D eigenvalue weighted by atomic mass is 9.65. The molecule has 5 aliphatic rings. The molecule has 298 valence electrons. The van der Waals surface area contributed by atoms with Crippen LogP contribution in [0.4, 0.5) is 5.69 Å². The predicted molar refractivity (Wildman–Crippen MR) is 213 cm³/mol. The summed E-state index contributed by atoms with van der Waals surface area (Å²) < 4.78 is 40.2. The first-order valence-electron chi connectivity index (χ1n) is 19.2. The van der Waals surface area contributed by atoms with Crippen LogP contribution in [0.1, 0.15) is 80.3 Å². The lowest BCUT2D eigenvalue weighted by Gasteiger charge is -2.46. The van der Waals surface area contributed by atoms with Gasteiger partial charge in [0.1, 0.15) is 12.0 Å². The minimum atomic E-state index is -3.89. The first kappa shape index (κ1) is 42.2. The van der Waals surface area contributed by atoms with Gasteiger partial charge in [0.05, 0.1) is 30.7 Å². The van der Waals surface area contributed by atoms with E-state index in [1.54, 1.807) is 32.2 Å². The van der Waals surface area contributed by atoms with Crippen molar-refractivity contribution in [2.24, 2.45) is 23.7 Å². The van der Waals surface area contributed by atoms with Crippen LogP contribution in [0.25, 0.3) is 0 Å². The number of amides is 2. The van der Waals surface area contributed by atoms with Gasteiger partial charge in [-0.2, -0.15) is 0 Å². The Morgan fingerprint density at radius 3 is 2.61 bits per heavy atom. The number of aryl methyl sites for hydroxylation is 1. The monoisotopic (exact) mass is 806 g/mol. The fraction of sp³-hybridized carbons (Fsp3) is 0.625. The summed E-state index contributed by atoms with van der Waals surface area (Å²) in [5.41, 5.74) is 3.37. The zero-order chi connectivity index (χ0) is 37.8. The molecular weight excluding hydrogens is 751 g/mol. The average molecular weight is 808 g/mol. The van der Waals surface area contributed by atoms with Gasteiger partial charge in [-0.1, -0.05) is 31.0 Å². The second kappa shape index (κ2) is 18.4. The van der Waals surface area contributed by atoms with E-state index >= 15 is 0 Å². The molecule has 1 spiro atoms. The van der Waals surface area contributed by atoms with Crippen molar-refractivity contribution < 1.29 is 32.3 Å². The van der Waals surface area contributed by atoms with Gasteiger partial charge in [-0.25, -0.2) is 13.1 Å². The molecule has 2 fully saturated rings. The van der Waals surface area contributed by atoms with Crippen LogP contribution in [0.3, 0.4) is 0 Å². The number of hydrogen-bond donors (Lipinski definition) is 2. The van der Waals surface area contributed by atoms with E-state index in [0.717, 1.165) is 88.1 Å². The van der Waals surface area contributed by atoms with Gasteiger partial charge in [0, 0.05) is 61.8 Å². The number of methoxy groups -OCH3 is 1. The Balaban J connectivity index is 0.000000403. The normalized spacial score (nSPS) is 29.4. The van der Waals surface area contributed by atoms with Crippen molar-refractivity contribution in [3.8, 4) is 5.75 Å². The number of rotatable bonds is 4. The summed E-state index contributed by atoms with van der Waals surface area (Å²) >= 11 is 6.39. The number of piperazine rings is 1. The molecule has 1 saturated heterocycles. The molecule has 2 N–H and O–H groups in total. The molecule has 14 heteroatoms. The summed E-state index contributed by atoms with van der Waals surface area (Å²) in [7, 11) is -2.24. The molecule has 3 aliphatic heterocycles. The summed E-state index contributed by atoms with van der Waals surface area (Å²) in [5.74, 6) is 0.733. The van der Waals surface area contributed by atoms with Gasteiger partial charge in [-0.15, -0.1) is 12.4 Å². The van der Waals surface area contributed by atoms with Gasteiger partial charge in [-0.05, 0) is 111 Å². The summed E-state index contributed by atoms with van der Waals surface area (Å²) in [4.78, 5) is 40.9. The lowest BCUT2D eigenvalue weighted by Crippen LogP contribution is -2.49. The second-order valence-corrected chi connectivity index (χ2v) is 18.2. The zero-order valence-electron chi connectivity index (χ0n) is 31.7. The maximum atomic E-state index is 13.3. The summed E-state index contributed by atoms with van der Waals surface area (Å²) in [5, 5.41) is 3.01. The number of ether oxygens (including phenoxy) is 2. The van der Waals surface area contributed by atoms with E-state index in [-0.39, 0.29) is 35.6 Å². The van der Waals surface area contributed by atoms with Gasteiger partial charge in [0.15, 0.2) is 0 Å². The third kappa shape index (κ3) is 9.37. The molecular formula is C40H56Cl2N4O7S. The molecule has 54 heavy (non-hydrogen) atoms. The number of aldehydes is 1. The summed E-state index contributed by atoms with van der Waals surface area (Å²) in [6.07, 6.45) is 8.43. The number of carbonyl (C=O) groups is 3. The SMILES string of the molecule is COCCN1CCNCC1=O.C[C@@H]1[C@@H](C)CCCC(C=O)[C@@H]2CC[C@H]2CN2C[C@@]3(CCCc4cc(Cl)ccc43)COc3ccc(cc32)C(=O)NS1(=O)=O.Cl. The summed E-state index contributed by atoms with van der Waals surface area (Å²) in [6.45, 7) is 9.07. The average Bonchev–Trinajstić information content (AvgIpc) is 3.28. The minimum Gasteiger partial charge on any atom is -0.490 e. The van der Waals surface area contributed by atoms with Gasteiger partial charge < -0.3 is 29.4 Å². The fourth-order valence-electron chi connectivity index (χ4n) is 8.89. The first-order chi connectivity index (χ1) is 25.4. The summed E-state index contributed by atoms with van der Waals surface area (Å²) in [6, 6.07) is 11.4. The number of nitrogens with one attached hydrogen (secondary N) is 2. The molecule has 11 nitrogen and oxygen atoms in total. The van der Waals surface area contributed by atoms with Crippen molar-refractivity contribution in [1.82, 2.24) is 14.9 Å². The largest absolute Gasteiger partial charge is 0.490 e. The van der Waals surface area contributed by atoms with Crippen LogP contribution in [-0.2, 0) is 36.2 Å². The molecule has 3 heterocycles. The van der Waals surface area contributed by atoms with E-state index in [2.05, 4.69) is 27.1 Å². The maximum absolute atomic E-state index is 13.3. The third-order valence-electron chi connectivity index (χ3n) is 12.4. The van der Waals surface area contributed by atoms with Crippen LogP contribution in [0.5, 0.6) is 5.75 Å². The van der Waals surface area contributed by atoms with Gasteiger partial charge in [-0.3, -0.25) is 9.59 Å². The molecule has 2 aromatic rings. The van der Waals surface area contributed by atoms with E-state index in [1.807, 2.05) is 17.9 Å². The Bertz CT molecular complexity index is 1760. The third-order valence-corrected chi connectivity index (χ3v) is 14.6. The van der Waals surface area contributed by atoms with Gasteiger partial charge >= 0.3 is 0 Å². The number of fused-ring (bicyclic) bond motifs is 4. The zero-order valence-corrected chi connectivity index (χ0v) is 34.1. The standard InChI is InChI=1S/C33H41ClN2O5S.C7H14N2O2.ClH/c1-21-5-3-6-26(18-37)28-11-8-25(28)17-36-19-33(14-4-7-23-15-27(34)10-12-29(23)33)20-41-31-13-9-24(16-30(31)36)32(38)35-42(39,40)22(21)2;1-11-5-4-9-3-2-8-6-7(9)10;/h9-10,12-13,15-16,18,21-22,25-26,28H,3-8,11,14,17,19-20H2,1-2H3,(H,35,38);8H,2-6H2,1H3;1H/t21-,22+,25-,26?,28+,33-;;/m0../s1. The number of benzene rings is 2. The van der Waals surface area contributed by atoms with E-state index < -0.39 is 21.2 Å². The predicted octanol–water partition coefficient (Wildman–Crippen LogP) is 5.41. The maximum Gasteiger partial charge on any atom is 0.264 e. The van der Waals surface area contributed by atoms with E-state index in [9.17, 15) is 22.8 Å². The van der Waals surface area contributed by atoms with Crippen LogP contribution in [-0.4, -0.2) is 96.3 Å². The van der Waals surface area contributed by atoms with Gasteiger partial charge in [0.25, 0.3) is 5.91 Å². The molecule has 2 aromatic carbocycles.